The maximum absolute atomic E-state index is 6.19. The van der Waals surface area contributed by atoms with Gasteiger partial charge >= 0.3 is 0 Å². The summed E-state index contributed by atoms with van der Waals surface area (Å²) >= 11 is 0. The molecule has 9 aliphatic rings. The van der Waals surface area contributed by atoms with Gasteiger partial charge < -0.3 is 39.0 Å². The van der Waals surface area contributed by atoms with Crippen molar-refractivity contribution in [2.24, 2.45) is 14.1 Å². The van der Waals surface area contributed by atoms with Crippen molar-refractivity contribution in [3.05, 3.63) is 200 Å². The maximum atomic E-state index is 6.19. The standard InChI is InChI=1S/C22H29BN4.C15H14B10N.C13H15B9N2.C11H14B10N.C8H12B10N2/c1-15-24(4)17-10-6-8-12-19(17)26(15)21-14-22(23(21)3)27-16(2)25(5)18-11-7-9-13-20(18)27;1-21-14(15(23(16)17)24(18)25(19)20)22(21)13-9-8-12(10-26(13)2)11-6-4-3-5-7-11;1-8-12(13(20(14)15)21(16)22(17)18)19(8)24-9(2)23(3)10-6-4-5-7-11(10)24;1-7-5-9(22(4)6-8(7)2)18-10(17(18)3)11(19(12)13)20(14)21(15)16;1-6-19(3)4-5-20(6)17-7(14(17)2)8(15(9)10)16(11)18(12)13/h6-13,15-16,21-22H,14H2,1-5H3;3-10H,1-2H3;4-9H,1-3H3;5-6H,1-4H3;4-6H,1-3H3/q;+1;;+1;/b;15-14-;13-12-;11-10-;8-7-/t15-,16+,21?,22?;;8-,9+;;6-/m..1.0/s1. The van der Waals surface area contributed by atoms with Crippen molar-refractivity contribution < 1.29 is 9.13 Å². The molecule has 5 fully saturated rings. The smallest absolute Gasteiger partial charge is 0.290 e. The number of aryl methyl sites for hydroxylation is 4. The number of nitrogens with zero attached hydrogens (tertiary/aromatic N) is 10. The summed E-state index contributed by atoms with van der Waals surface area (Å²) < 4.78 is 4.31. The predicted octanol–water partition coefficient (Wildman–Crippen LogP) is -3.15. The molecule has 6 aromatic rings. The van der Waals surface area contributed by atoms with Crippen LogP contribution in [0.2, 0.25) is 33.1 Å². The minimum absolute atomic E-state index is 0.223. The van der Waals surface area contributed by atoms with Crippen molar-refractivity contribution in [1.29, 1.82) is 0 Å². The minimum atomic E-state index is -0.685. The minimum Gasteiger partial charge on any atom is -0.404 e. The Balaban J connectivity index is 0.000000146. The van der Waals surface area contributed by atoms with Crippen molar-refractivity contribution in [1.82, 2.24) is 9.71 Å². The van der Waals surface area contributed by atoms with Crippen LogP contribution >= 0.6 is 0 Å². The summed E-state index contributed by atoms with van der Waals surface area (Å²) in [5.41, 5.74) is 16.5. The molecular formula is C69H84B40N10+2. The number of rotatable bonds is 19. The zero-order valence-corrected chi connectivity index (χ0v) is 73.2. The number of fused-ring (bicyclic) bond motifs is 3. The quantitative estimate of drug-likeness (QED) is 0.0624. The lowest BCUT2D eigenvalue weighted by Gasteiger charge is -2.53. The molecule has 0 saturated carbocycles. The van der Waals surface area contributed by atoms with Gasteiger partial charge in [-0.25, -0.2) is 9.13 Å². The molecule has 7 atom stereocenters. The maximum Gasteiger partial charge on any atom is 0.290 e. The van der Waals surface area contributed by atoms with E-state index in [-0.39, 0.29) is 33.0 Å². The Morgan fingerprint density at radius 2 is 0.782 bits per heavy atom. The van der Waals surface area contributed by atoms with Crippen molar-refractivity contribution in [2.75, 3.05) is 57.5 Å². The van der Waals surface area contributed by atoms with Gasteiger partial charge in [0.25, 0.3) is 6.85 Å². The molecule has 11 heterocycles. The van der Waals surface area contributed by atoms with Crippen molar-refractivity contribution in [3.63, 3.8) is 0 Å². The Bertz CT molecular complexity index is 4690. The first kappa shape index (κ1) is 94.6. The van der Waals surface area contributed by atoms with Gasteiger partial charge in [0.2, 0.25) is 19.9 Å². The highest BCUT2D eigenvalue weighted by Gasteiger charge is 2.59. The zero-order valence-electron chi connectivity index (χ0n) is 73.2. The SMILES string of the molecule is CB1C(N2c3ccccc3N(C)[C@H]2C)CC1N1c2ccccc2N(C)[C@@H]1C.[B]B([B])B([B])/C(B([B])[B])=C1/B(C)B1N1C=CN(C)[C@@H]1C.[B]B([B])B([B])/C(B([B])[B])=C1/B(C)B1c1cc(C)c(C)c[n+]1C.[B]B([B])B([B])/C(B([B])[B])=C1/B(C)B1c1ccc(-c2ccccc2)c[n+]1C.[B]B([B])B([B])/C(B([B])[B])=C1\B(N2c3ccccc3N(C)[C@@H]2C)[C@@H]1C. The topological polar surface area (TPSA) is 33.7 Å². The Morgan fingerprint density at radius 3 is 1.19 bits per heavy atom. The van der Waals surface area contributed by atoms with Gasteiger partial charge in [-0.15, -0.1) is 10.8 Å². The Morgan fingerprint density at radius 1 is 0.395 bits per heavy atom. The van der Waals surface area contributed by atoms with Gasteiger partial charge in [0.15, 0.2) is 25.7 Å². The van der Waals surface area contributed by atoms with Crippen LogP contribution in [-0.4, -0.2) is 360 Å². The van der Waals surface area contributed by atoms with E-state index in [0.717, 1.165) is 26.9 Å². The molecule has 0 bridgehead atoms. The molecule has 4 aromatic carbocycles. The van der Waals surface area contributed by atoms with Gasteiger partial charge in [0.05, 0.1) is 111 Å². The monoisotopic (exact) mass is 1490 g/mol. The Labute approximate surface area is 751 Å². The van der Waals surface area contributed by atoms with E-state index in [0.29, 0.717) is 62.7 Å². The number of aromatic nitrogens is 2. The highest BCUT2D eigenvalue weighted by molar-refractivity contribution is 7.74. The second-order valence-corrected chi connectivity index (χ2v) is 34.8. The van der Waals surface area contributed by atoms with Crippen LogP contribution < -0.4 is 49.6 Å². The molecular weight excluding hydrogens is 1400 g/mol. The van der Waals surface area contributed by atoms with Crippen LogP contribution in [0.25, 0.3) is 11.1 Å². The third kappa shape index (κ3) is 19.1. The summed E-state index contributed by atoms with van der Waals surface area (Å²) in [5, 5.41) is 6.70. The third-order valence-electron chi connectivity index (χ3n) is 27.4. The van der Waals surface area contributed by atoms with Crippen molar-refractivity contribution >= 4 is 331 Å². The summed E-state index contributed by atoms with van der Waals surface area (Å²) in [6.45, 7) is 22.3. The normalized spacial score (nSPS) is 21.5. The Hall–Kier alpha value is -5.12. The predicted molar refractivity (Wildman–Crippen MR) is 561 cm³/mol. The van der Waals surface area contributed by atoms with Crippen LogP contribution in [0.1, 0.15) is 52.2 Å². The molecule has 0 N–H and O–H groups in total. The molecule has 40 radical (unpaired) electrons. The van der Waals surface area contributed by atoms with Gasteiger partial charge in [0, 0.05) is 244 Å². The van der Waals surface area contributed by atoms with Gasteiger partial charge in [-0.2, -0.15) is 32.2 Å². The number of pyridine rings is 2. The first-order valence-electron chi connectivity index (χ1n) is 42.1. The summed E-state index contributed by atoms with van der Waals surface area (Å²) in [7, 11) is 131. The van der Waals surface area contributed by atoms with Crippen LogP contribution in [0.15, 0.2) is 189 Å². The zero-order chi connectivity index (χ0) is 87.6. The summed E-state index contributed by atoms with van der Waals surface area (Å²) in [6.07, 6.45) is 8.35. The number of anilines is 6. The van der Waals surface area contributed by atoms with E-state index in [1.807, 2.05) is 18.2 Å². The molecule has 10 nitrogen and oxygen atoms in total. The number of para-hydroxylation sites is 6. The summed E-state index contributed by atoms with van der Waals surface area (Å²) in [6, 6.07) is 43.0. The summed E-state index contributed by atoms with van der Waals surface area (Å²) in [5.74, 6) is 1.52. The van der Waals surface area contributed by atoms with Crippen molar-refractivity contribution in [3.8, 4) is 11.1 Å². The van der Waals surface area contributed by atoms with Crippen molar-refractivity contribution in [2.45, 2.75) is 125 Å². The van der Waals surface area contributed by atoms with Gasteiger partial charge in [-0.3, -0.25) is 0 Å². The second kappa shape index (κ2) is 38.8. The van der Waals surface area contributed by atoms with E-state index in [1.165, 1.54) is 90.2 Å². The van der Waals surface area contributed by atoms with E-state index in [2.05, 4.69) is 294 Å². The van der Waals surface area contributed by atoms with Crippen LogP contribution in [0.4, 0.5) is 34.1 Å². The van der Waals surface area contributed by atoms with Crippen LogP contribution in [0.3, 0.4) is 0 Å². The van der Waals surface area contributed by atoms with Crippen LogP contribution in [-0.2, 0) is 14.1 Å². The fourth-order valence-corrected chi connectivity index (χ4v) is 19.6. The fraction of sp³-hybridized carbons (Fsp3) is 0.362. The lowest BCUT2D eigenvalue weighted by molar-refractivity contribution is -0.654. The number of allylic oxidation sites excluding steroid dienone is 1. The highest BCUT2D eigenvalue weighted by Crippen LogP contribution is 2.54. The molecule has 0 aliphatic carbocycles. The lowest BCUT2D eigenvalue weighted by atomic mass is 8.81. The largest absolute Gasteiger partial charge is 0.404 e. The first-order valence-corrected chi connectivity index (χ1v) is 42.1. The molecule has 9 aliphatic heterocycles. The van der Waals surface area contributed by atoms with E-state index in [9.17, 15) is 0 Å². The van der Waals surface area contributed by atoms with E-state index < -0.39 is 77.5 Å². The Kier molecular flexibility index (Phi) is 30.8. The third-order valence-corrected chi connectivity index (χ3v) is 27.4. The second-order valence-electron chi connectivity index (χ2n) is 34.8. The molecule has 119 heavy (non-hydrogen) atoms. The molecule has 5 saturated heterocycles. The van der Waals surface area contributed by atoms with Gasteiger partial charge in [-0.1, -0.05) is 101 Å². The molecule has 0 spiro atoms. The fourth-order valence-electron chi connectivity index (χ4n) is 19.6. The van der Waals surface area contributed by atoms with Gasteiger partial charge in [0.1, 0.15) is 38.5 Å². The number of hydrogen-bond donors (Lipinski definition) is 0. The first-order chi connectivity index (χ1) is 56.0. The highest BCUT2D eigenvalue weighted by atomic mass is 15.4. The number of benzene rings is 4. The van der Waals surface area contributed by atoms with E-state index >= 15 is 0 Å². The van der Waals surface area contributed by atoms with Crippen LogP contribution in [0, 0.1) is 13.8 Å². The molecule has 15 rings (SSSR count). The lowest BCUT2D eigenvalue weighted by Crippen LogP contribution is -2.70. The molecule has 50 heteroatoms. The average molecular weight is 1490 g/mol. The van der Waals surface area contributed by atoms with Crippen LogP contribution in [0.5, 0.6) is 0 Å². The van der Waals surface area contributed by atoms with Gasteiger partial charge in [-0.05, 0) is 120 Å². The molecule has 2 unspecified atom stereocenters. The number of hydrogen-bond acceptors (Lipinski definition) is 8. The molecule has 0 amide bonds. The molecule has 528 valence electrons. The molecule has 2 aromatic heterocycles. The summed E-state index contributed by atoms with van der Waals surface area (Å²) in [4.78, 5) is 19.3. The average Bonchev–Trinajstić information content (AvgIpc) is 1.57. The van der Waals surface area contributed by atoms with E-state index in [4.69, 9.17) is 155 Å². The van der Waals surface area contributed by atoms with E-state index in [1.54, 1.807) is 0 Å².